The Hall–Kier alpha value is -2.09. The van der Waals surface area contributed by atoms with Gasteiger partial charge in [-0.1, -0.05) is 0 Å². The molecular formula is C21H24N4O5. The molecule has 0 aromatic heterocycles. The summed E-state index contributed by atoms with van der Waals surface area (Å²) in [5, 5.41) is 24.1. The third-order valence-corrected chi connectivity index (χ3v) is 7.99. The Morgan fingerprint density at radius 1 is 1.33 bits per heavy atom. The number of piperazine rings is 1. The lowest BCUT2D eigenvalue weighted by Gasteiger charge is -2.59. The molecule has 0 aromatic rings. The summed E-state index contributed by atoms with van der Waals surface area (Å²) in [5.41, 5.74) is 1.04. The summed E-state index contributed by atoms with van der Waals surface area (Å²) in [6.07, 6.45) is 0.665. The molecule has 2 N–H and O–H groups in total. The zero-order valence-corrected chi connectivity index (χ0v) is 16.9. The van der Waals surface area contributed by atoms with Gasteiger partial charge in [0.15, 0.2) is 11.5 Å². The van der Waals surface area contributed by atoms with Crippen LogP contribution in [0.25, 0.3) is 0 Å². The lowest BCUT2D eigenvalue weighted by atomic mass is 9.69. The molecule has 6 unspecified atom stereocenters. The Bertz CT molecular complexity index is 967. The zero-order chi connectivity index (χ0) is 20.9. The maximum Gasteiger partial charge on any atom is 0.226 e. The van der Waals surface area contributed by atoms with Gasteiger partial charge in [0.1, 0.15) is 12.3 Å². The van der Waals surface area contributed by atoms with Gasteiger partial charge in [-0.15, -0.1) is 0 Å². The number of nitrogens with one attached hydrogen (secondary N) is 1. The van der Waals surface area contributed by atoms with E-state index < -0.39 is 12.1 Å². The van der Waals surface area contributed by atoms with Crippen LogP contribution in [0, 0.1) is 17.2 Å². The number of piperidine rings is 1. The highest BCUT2D eigenvalue weighted by Crippen LogP contribution is 2.52. The molecule has 5 aliphatic heterocycles. The van der Waals surface area contributed by atoms with Gasteiger partial charge in [0, 0.05) is 47.3 Å². The highest BCUT2D eigenvalue weighted by atomic mass is 16.5. The standard InChI is InChI=1S/C21H24N4O5/c1-8-18(27)14-13(19(28)20(8)29-2)12(7-26)25-11(6-22)10-5-9-15(23-10)17(25)16(14)24-3-4-30-21(9)24/h9-12,15-17,21,23,26H,3-5,7H2,1-2H3/t9-,10-,11?,12?,15?,16?,17?,21?/m1/s1. The number of allylic oxidation sites excluding steroid dienone is 2. The van der Waals surface area contributed by atoms with Gasteiger partial charge in [0.05, 0.1) is 38.5 Å². The Labute approximate surface area is 173 Å². The van der Waals surface area contributed by atoms with Crippen molar-refractivity contribution in [2.75, 3.05) is 26.9 Å². The number of Topliss-reactive ketones (excluding diaryl/α,β-unsaturated/α-hetero) is 2. The third-order valence-electron chi connectivity index (χ3n) is 7.99. The Kier molecular flexibility index (Phi) is 3.87. The van der Waals surface area contributed by atoms with Crippen molar-refractivity contribution < 1.29 is 24.2 Å². The van der Waals surface area contributed by atoms with E-state index in [4.69, 9.17) is 9.47 Å². The van der Waals surface area contributed by atoms with Crippen LogP contribution in [0.15, 0.2) is 22.5 Å². The van der Waals surface area contributed by atoms with Crippen LogP contribution >= 0.6 is 0 Å². The number of nitriles is 1. The molecule has 6 rings (SSSR count). The second-order valence-corrected chi connectivity index (χ2v) is 9.00. The maximum absolute atomic E-state index is 13.5. The number of ether oxygens (including phenoxy) is 2. The predicted molar refractivity (Wildman–Crippen MR) is 102 cm³/mol. The number of fused-ring (bicyclic) bond motifs is 5. The first-order valence-electron chi connectivity index (χ1n) is 10.5. The fraction of sp³-hybridized carbons (Fsp3) is 0.667. The molecule has 9 heteroatoms. The monoisotopic (exact) mass is 412 g/mol. The van der Waals surface area contributed by atoms with Crippen molar-refractivity contribution in [2.45, 2.75) is 55.8 Å². The van der Waals surface area contributed by atoms with E-state index in [0.717, 1.165) is 6.42 Å². The number of ketones is 2. The van der Waals surface area contributed by atoms with Crippen LogP contribution in [-0.2, 0) is 19.1 Å². The highest BCUT2D eigenvalue weighted by Gasteiger charge is 2.67. The SMILES string of the molecule is COC1=C(C)C(=O)C2=C(C1=O)C(CO)N1C3C4N[C@H](C[C@H]4C4OCCN4C23)C1C#N. The van der Waals surface area contributed by atoms with Crippen molar-refractivity contribution in [3.8, 4) is 6.07 Å². The molecule has 0 aromatic carbocycles. The van der Waals surface area contributed by atoms with Gasteiger partial charge in [-0.05, 0) is 13.3 Å². The van der Waals surface area contributed by atoms with Crippen molar-refractivity contribution in [3.63, 3.8) is 0 Å². The summed E-state index contributed by atoms with van der Waals surface area (Å²) in [4.78, 5) is 31.2. The molecule has 8 atom stereocenters. The molecular weight excluding hydrogens is 388 g/mol. The van der Waals surface area contributed by atoms with E-state index in [-0.39, 0.29) is 65.8 Å². The van der Waals surface area contributed by atoms with Crippen LogP contribution < -0.4 is 5.32 Å². The van der Waals surface area contributed by atoms with Gasteiger partial charge in [0.2, 0.25) is 5.78 Å². The van der Waals surface area contributed by atoms with E-state index in [9.17, 15) is 20.0 Å². The average molecular weight is 412 g/mol. The zero-order valence-electron chi connectivity index (χ0n) is 16.9. The number of aliphatic hydroxyl groups is 1. The van der Waals surface area contributed by atoms with Gasteiger partial charge in [-0.3, -0.25) is 19.4 Å². The van der Waals surface area contributed by atoms with Crippen LogP contribution in [0.2, 0.25) is 0 Å². The van der Waals surface area contributed by atoms with E-state index in [0.29, 0.717) is 24.3 Å². The van der Waals surface area contributed by atoms with Crippen LogP contribution in [0.5, 0.6) is 0 Å². The first-order chi connectivity index (χ1) is 14.5. The van der Waals surface area contributed by atoms with Crippen LogP contribution in [-0.4, -0.2) is 95.8 Å². The second-order valence-electron chi connectivity index (χ2n) is 9.00. The first-order valence-corrected chi connectivity index (χ1v) is 10.5. The van der Waals surface area contributed by atoms with E-state index in [2.05, 4.69) is 16.3 Å². The predicted octanol–water partition coefficient (Wildman–Crippen LogP) is -1.31. The lowest BCUT2D eigenvalue weighted by molar-refractivity contribution is -0.131. The first kappa shape index (κ1) is 18.7. The van der Waals surface area contributed by atoms with Crippen molar-refractivity contribution in [2.24, 2.45) is 5.92 Å². The quantitative estimate of drug-likeness (QED) is 0.534. The van der Waals surface area contributed by atoms with Crippen molar-refractivity contribution in [1.82, 2.24) is 15.1 Å². The molecule has 0 saturated carbocycles. The number of nitrogens with zero attached hydrogens (tertiary/aromatic N) is 3. The smallest absolute Gasteiger partial charge is 0.226 e. The van der Waals surface area contributed by atoms with E-state index in [1.165, 1.54) is 7.11 Å². The van der Waals surface area contributed by atoms with Crippen LogP contribution in [0.1, 0.15) is 13.3 Å². The summed E-state index contributed by atoms with van der Waals surface area (Å²) >= 11 is 0. The van der Waals surface area contributed by atoms with Gasteiger partial charge in [-0.25, -0.2) is 0 Å². The van der Waals surface area contributed by atoms with Crippen molar-refractivity contribution >= 4 is 11.6 Å². The summed E-state index contributed by atoms with van der Waals surface area (Å²) in [5.74, 6) is -0.322. The number of carbonyl (C=O) groups excluding carboxylic acids is 2. The van der Waals surface area contributed by atoms with Gasteiger partial charge in [0.25, 0.3) is 0 Å². The lowest BCUT2D eigenvalue weighted by Crippen LogP contribution is -2.78. The molecule has 6 aliphatic rings. The molecule has 5 heterocycles. The summed E-state index contributed by atoms with van der Waals surface area (Å²) < 4.78 is 11.4. The molecule has 4 saturated heterocycles. The number of aliphatic hydroxyl groups excluding tert-OH is 1. The largest absolute Gasteiger partial charge is 0.492 e. The van der Waals surface area contributed by atoms with Crippen LogP contribution in [0.4, 0.5) is 0 Å². The minimum absolute atomic E-state index is 0.0326. The van der Waals surface area contributed by atoms with Crippen molar-refractivity contribution in [1.29, 1.82) is 5.26 Å². The van der Waals surface area contributed by atoms with Gasteiger partial charge >= 0.3 is 0 Å². The van der Waals surface area contributed by atoms with Crippen LogP contribution in [0.3, 0.4) is 0 Å². The molecule has 0 spiro atoms. The molecule has 9 nitrogen and oxygen atoms in total. The Morgan fingerprint density at radius 2 is 2.13 bits per heavy atom. The van der Waals surface area contributed by atoms with E-state index in [1.54, 1.807) is 6.92 Å². The second kappa shape index (κ2) is 6.22. The summed E-state index contributed by atoms with van der Waals surface area (Å²) in [6, 6.07) is 0.667. The number of hydrogen-bond donors (Lipinski definition) is 2. The minimum atomic E-state index is -0.702. The molecule has 4 fully saturated rings. The molecule has 0 radical (unpaired) electrons. The number of methoxy groups -OCH3 is 1. The maximum atomic E-state index is 13.5. The minimum Gasteiger partial charge on any atom is -0.492 e. The fourth-order valence-electron chi connectivity index (χ4n) is 6.99. The fourth-order valence-corrected chi connectivity index (χ4v) is 6.99. The number of rotatable bonds is 2. The highest BCUT2D eigenvalue weighted by molar-refractivity contribution is 6.25. The van der Waals surface area contributed by atoms with E-state index in [1.807, 2.05) is 4.90 Å². The topological polar surface area (TPSA) is 115 Å². The summed E-state index contributed by atoms with van der Waals surface area (Å²) in [6.45, 7) is 2.54. The Morgan fingerprint density at radius 3 is 2.83 bits per heavy atom. The summed E-state index contributed by atoms with van der Waals surface area (Å²) in [7, 11) is 1.38. The molecule has 2 bridgehead atoms. The molecule has 0 amide bonds. The third kappa shape index (κ3) is 1.99. The molecule has 30 heavy (non-hydrogen) atoms. The average Bonchev–Trinajstić information content (AvgIpc) is 3.37. The van der Waals surface area contributed by atoms with Gasteiger partial charge < -0.3 is 19.9 Å². The van der Waals surface area contributed by atoms with Gasteiger partial charge in [-0.2, -0.15) is 5.26 Å². The molecule has 158 valence electrons. The normalized spacial score (nSPS) is 44.9. The number of hydrogen-bond acceptors (Lipinski definition) is 9. The van der Waals surface area contributed by atoms with Crippen molar-refractivity contribution in [3.05, 3.63) is 22.5 Å². The molecule has 1 aliphatic carbocycles. The number of carbonyl (C=O) groups is 2. The van der Waals surface area contributed by atoms with E-state index >= 15 is 0 Å². The Balaban J connectivity index is 1.61.